The monoisotopic (exact) mass is 353 g/mol. The zero-order valence-electron chi connectivity index (χ0n) is 14.2. The van der Waals surface area contributed by atoms with Crippen molar-refractivity contribution >= 4 is 17.2 Å². The maximum atomic E-state index is 12.3. The Kier molecular flexibility index (Phi) is 5.40. The molecule has 3 rings (SSSR count). The van der Waals surface area contributed by atoms with E-state index in [2.05, 4.69) is 15.3 Å². The SMILES string of the molecule is CCOc1ccc(C(=O)NCc2sc(-c3cccnc3)nc2C)cc1. The first-order valence-electron chi connectivity index (χ1n) is 8.05. The van der Waals surface area contributed by atoms with Crippen LogP contribution in [0.4, 0.5) is 0 Å². The number of benzene rings is 1. The molecule has 2 aromatic heterocycles. The quantitative estimate of drug-likeness (QED) is 0.731. The van der Waals surface area contributed by atoms with Gasteiger partial charge in [-0.15, -0.1) is 11.3 Å². The predicted octanol–water partition coefficient (Wildman–Crippen LogP) is 3.84. The van der Waals surface area contributed by atoms with Crippen molar-refractivity contribution in [3.8, 4) is 16.3 Å². The Morgan fingerprint density at radius 1 is 1.24 bits per heavy atom. The Morgan fingerprint density at radius 3 is 2.72 bits per heavy atom. The van der Waals surface area contributed by atoms with Gasteiger partial charge in [-0.1, -0.05) is 0 Å². The third-order valence-electron chi connectivity index (χ3n) is 3.64. The molecular weight excluding hydrogens is 334 g/mol. The second-order valence-corrected chi connectivity index (χ2v) is 6.49. The topological polar surface area (TPSA) is 64.1 Å². The molecule has 25 heavy (non-hydrogen) atoms. The normalized spacial score (nSPS) is 10.5. The number of nitrogens with zero attached hydrogens (tertiary/aromatic N) is 2. The Hall–Kier alpha value is -2.73. The van der Waals surface area contributed by atoms with Crippen LogP contribution in [0.1, 0.15) is 27.9 Å². The van der Waals surface area contributed by atoms with Crippen molar-refractivity contribution in [2.75, 3.05) is 6.61 Å². The zero-order valence-corrected chi connectivity index (χ0v) is 15.0. The minimum atomic E-state index is -0.112. The average Bonchev–Trinajstić information content (AvgIpc) is 3.02. The lowest BCUT2D eigenvalue weighted by molar-refractivity contribution is 0.0951. The van der Waals surface area contributed by atoms with E-state index in [9.17, 15) is 4.79 Å². The van der Waals surface area contributed by atoms with Gasteiger partial charge in [0.25, 0.3) is 5.91 Å². The Morgan fingerprint density at radius 2 is 2.04 bits per heavy atom. The number of hydrogen-bond acceptors (Lipinski definition) is 5. The van der Waals surface area contributed by atoms with Crippen molar-refractivity contribution in [2.24, 2.45) is 0 Å². The lowest BCUT2D eigenvalue weighted by Crippen LogP contribution is -2.22. The molecule has 0 fully saturated rings. The number of carbonyl (C=O) groups excluding carboxylic acids is 1. The third-order valence-corrected chi connectivity index (χ3v) is 4.84. The molecule has 3 aromatic rings. The summed E-state index contributed by atoms with van der Waals surface area (Å²) in [5.41, 5.74) is 2.52. The molecule has 0 saturated heterocycles. The molecule has 1 N–H and O–H groups in total. The highest BCUT2D eigenvalue weighted by Gasteiger charge is 2.11. The molecule has 2 heterocycles. The molecule has 0 radical (unpaired) electrons. The van der Waals surface area contributed by atoms with Gasteiger partial charge in [-0.25, -0.2) is 4.98 Å². The zero-order chi connectivity index (χ0) is 17.6. The fourth-order valence-electron chi connectivity index (χ4n) is 2.34. The first kappa shape index (κ1) is 17.1. The number of hydrogen-bond donors (Lipinski definition) is 1. The van der Waals surface area contributed by atoms with E-state index < -0.39 is 0 Å². The van der Waals surface area contributed by atoms with Crippen LogP contribution in [0.2, 0.25) is 0 Å². The van der Waals surface area contributed by atoms with E-state index in [0.29, 0.717) is 18.7 Å². The minimum absolute atomic E-state index is 0.112. The number of rotatable bonds is 6. The summed E-state index contributed by atoms with van der Waals surface area (Å²) in [6.07, 6.45) is 3.53. The molecular formula is C19H19N3O2S. The Balaban J connectivity index is 1.65. The smallest absolute Gasteiger partial charge is 0.251 e. The van der Waals surface area contributed by atoms with Gasteiger partial charge in [-0.3, -0.25) is 9.78 Å². The van der Waals surface area contributed by atoms with Gasteiger partial charge in [0.2, 0.25) is 0 Å². The number of ether oxygens (including phenoxy) is 1. The van der Waals surface area contributed by atoms with Crippen LogP contribution in [-0.4, -0.2) is 22.5 Å². The van der Waals surface area contributed by atoms with Crippen LogP contribution < -0.4 is 10.1 Å². The highest BCUT2D eigenvalue weighted by atomic mass is 32.1. The summed E-state index contributed by atoms with van der Waals surface area (Å²) in [7, 11) is 0. The van der Waals surface area contributed by atoms with E-state index in [4.69, 9.17) is 4.74 Å². The third kappa shape index (κ3) is 4.22. The van der Waals surface area contributed by atoms with Crippen LogP contribution in [0, 0.1) is 6.92 Å². The number of nitrogens with one attached hydrogen (secondary N) is 1. The van der Waals surface area contributed by atoms with Crippen molar-refractivity contribution in [3.05, 3.63) is 64.9 Å². The molecule has 0 aliphatic heterocycles. The van der Waals surface area contributed by atoms with Gasteiger partial charge in [0.1, 0.15) is 10.8 Å². The first-order valence-corrected chi connectivity index (χ1v) is 8.86. The number of aryl methyl sites for hydroxylation is 1. The summed E-state index contributed by atoms with van der Waals surface area (Å²) in [6, 6.07) is 11.0. The largest absolute Gasteiger partial charge is 0.494 e. The van der Waals surface area contributed by atoms with E-state index in [1.54, 1.807) is 48.0 Å². The summed E-state index contributed by atoms with van der Waals surface area (Å²) in [5, 5.41) is 3.86. The lowest BCUT2D eigenvalue weighted by Gasteiger charge is -2.06. The van der Waals surface area contributed by atoms with E-state index in [-0.39, 0.29) is 5.91 Å². The Bertz CT molecular complexity index is 845. The molecule has 128 valence electrons. The standard InChI is InChI=1S/C19H19N3O2S/c1-3-24-16-8-6-14(7-9-16)18(23)21-12-17-13(2)22-19(25-17)15-5-4-10-20-11-15/h4-11H,3,12H2,1-2H3,(H,21,23). The fraction of sp³-hybridized carbons (Fsp3) is 0.211. The van der Waals surface area contributed by atoms with Gasteiger partial charge >= 0.3 is 0 Å². The van der Waals surface area contributed by atoms with E-state index >= 15 is 0 Å². The second kappa shape index (κ2) is 7.90. The van der Waals surface area contributed by atoms with Gasteiger partial charge in [0.05, 0.1) is 18.8 Å². The maximum absolute atomic E-state index is 12.3. The summed E-state index contributed by atoms with van der Waals surface area (Å²) < 4.78 is 5.39. The number of thiazole rings is 1. The molecule has 0 spiro atoms. The highest BCUT2D eigenvalue weighted by molar-refractivity contribution is 7.15. The summed E-state index contributed by atoms with van der Waals surface area (Å²) in [5.74, 6) is 0.650. The Labute approximate surface area is 150 Å². The van der Waals surface area contributed by atoms with Crippen LogP contribution in [0.15, 0.2) is 48.8 Å². The molecule has 0 aliphatic rings. The minimum Gasteiger partial charge on any atom is -0.494 e. The number of aromatic nitrogens is 2. The number of amides is 1. The molecule has 6 heteroatoms. The molecule has 1 aromatic carbocycles. The molecule has 0 bridgehead atoms. The second-order valence-electron chi connectivity index (χ2n) is 5.41. The van der Waals surface area contributed by atoms with Crippen molar-refractivity contribution in [1.82, 2.24) is 15.3 Å². The van der Waals surface area contributed by atoms with Crippen LogP contribution in [0.25, 0.3) is 10.6 Å². The average molecular weight is 353 g/mol. The summed E-state index contributed by atoms with van der Waals surface area (Å²) >= 11 is 1.57. The molecule has 0 atom stereocenters. The lowest BCUT2D eigenvalue weighted by atomic mass is 10.2. The highest BCUT2D eigenvalue weighted by Crippen LogP contribution is 2.27. The van der Waals surface area contributed by atoms with Crippen LogP contribution in [-0.2, 0) is 6.54 Å². The molecule has 0 aliphatic carbocycles. The maximum Gasteiger partial charge on any atom is 0.251 e. The van der Waals surface area contributed by atoms with Crippen LogP contribution >= 0.6 is 11.3 Å². The number of pyridine rings is 1. The fourth-order valence-corrected chi connectivity index (χ4v) is 3.33. The summed E-state index contributed by atoms with van der Waals surface area (Å²) in [6.45, 7) is 4.94. The molecule has 1 amide bonds. The van der Waals surface area contributed by atoms with Gasteiger partial charge in [0.15, 0.2) is 0 Å². The van der Waals surface area contributed by atoms with Crippen LogP contribution in [0.5, 0.6) is 5.75 Å². The van der Waals surface area contributed by atoms with Crippen molar-refractivity contribution in [3.63, 3.8) is 0 Å². The van der Waals surface area contributed by atoms with Crippen molar-refractivity contribution in [1.29, 1.82) is 0 Å². The first-order chi connectivity index (χ1) is 12.2. The van der Waals surface area contributed by atoms with Crippen molar-refractivity contribution in [2.45, 2.75) is 20.4 Å². The van der Waals surface area contributed by atoms with Gasteiger partial charge in [-0.05, 0) is 50.2 Å². The van der Waals surface area contributed by atoms with Gasteiger partial charge in [0, 0.05) is 28.4 Å². The summed E-state index contributed by atoms with van der Waals surface area (Å²) in [4.78, 5) is 22.0. The van der Waals surface area contributed by atoms with E-state index in [1.807, 2.05) is 26.0 Å². The van der Waals surface area contributed by atoms with E-state index in [0.717, 1.165) is 26.9 Å². The van der Waals surface area contributed by atoms with Crippen LogP contribution in [0.3, 0.4) is 0 Å². The predicted molar refractivity (Wildman–Crippen MR) is 98.9 cm³/mol. The molecule has 5 nitrogen and oxygen atoms in total. The van der Waals surface area contributed by atoms with Crippen molar-refractivity contribution < 1.29 is 9.53 Å². The molecule has 0 saturated carbocycles. The van der Waals surface area contributed by atoms with E-state index in [1.165, 1.54) is 0 Å². The van der Waals surface area contributed by atoms with Gasteiger partial charge in [-0.2, -0.15) is 0 Å². The van der Waals surface area contributed by atoms with Gasteiger partial charge < -0.3 is 10.1 Å². The number of carbonyl (C=O) groups is 1. The molecule has 0 unspecified atom stereocenters.